The Balaban J connectivity index is 2.70. The van der Waals surface area contributed by atoms with Crippen molar-refractivity contribution in [2.24, 2.45) is 7.05 Å². The van der Waals surface area contributed by atoms with Crippen LogP contribution in [0, 0.1) is 10.1 Å². The first-order chi connectivity index (χ1) is 12.4. The number of ether oxygens (including phenoxy) is 1. The summed E-state index contributed by atoms with van der Waals surface area (Å²) < 4.78 is 7.54. The number of nitrogens with zero attached hydrogens (tertiary/aromatic N) is 3. The van der Waals surface area contributed by atoms with Gasteiger partial charge in [0, 0.05) is 19.2 Å². The van der Waals surface area contributed by atoms with E-state index in [0.717, 1.165) is 4.57 Å². The molecule has 0 saturated carbocycles. The SMILES string of the molecule is CCCn1c(C=Cc2ccccc2OCC)c([N+](=O)[O-])c(=O)n(C)c1=O. The Morgan fingerprint density at radius 1 is 1.19 bits per heavy atom. The lowest BCUT2D eigenvalue weighted by molar-refractivity contribution is -0.387. The van der Waals surface area contributed by atoms with Crippen molar-refractivity contribution in [2.45, 2.75) is 26.8 Å². The molecule has 0 bridgehead atoms. The Hall–Kier alpha value is -3.16. The van der Waals surface area contributed by atoms with Crippen LogP contribution in [0.15, 0.2) is 33.9 Å². The van der Waals surface area contributed by atoms with Crippen molar-refractivity contribution in [3.8, 4) is 5.75 Å². The number of hydrogen-bond donors (Lipinski definition) is 0. The van der Waals surface area contributed by atoms with Crippen molar-refractivity contribution >= 4 is 17.8 Å². The van der Waals surface area contributed by atoms with Crippen LogP contribution in [0.2, 0.25) is 0 Å². The molecule has 0 atom stereocenters. The predicted octanol–water partition coefficient (Wildman–Crippen LogP) is 2.43. The third-order valence-electron chi connectivity index (χ3n) is 3.83. The van der Waals surface area contributed by atoms with Gasteiger partial charge in [-0.25, -0.2) is 4.79 Å². The normalized spacial score (nSPS) is 11.0. The molecule has 2 rings (SSSR count). The zero-order valence-electron chi connectivity index (χ0n) is 15.0. The summed E-state index contributed by atoms with van der Waals surface area (Å²) >= 11 is 0. The fraction of sp³-hybridized carbons (Fsp3) is 0.333. The molecular weight excluding hydrogens is 338 g/mol. The second-order valence-electron chi connectivity index (χ2n) is 5.59. The van der Waals surface area contributed by atoms with Gasteiger partial charge in [-0.1, -0.05) is 25.1 Å². The van der Waals surface area contributed by atoms with Gasteiger partial charge in [-0.3, -0.25) is 24.0 Å². The number of para-hydroxylation sites is 1. The van der Waals surface area contributed by atoms with Crippen molar-refractivity contribution < 1.29 is 9.66 Å². The van der Waals surface area contributed by atoms with Gasteiger partial charge in [-0.15, -0.1) is 0 Å². The smallest absolute Gasteiger partial charge is 0.357 e. The topological polar surface area (TPSA) is 96.4 Å². The van der Waals surface area contributed by atoms with E-state index in [0.29, 0.717) is 24.3 Å². The molecule has 1 aromatic heterocycles. The summed E-state index contributed by atoms with van der Waals surface area (Å²) in [6.07, 6.45) is 3.62. The van der Waals surface area contributed by atoms with Gasteiger partial charge in [-0.05, 0) is 31.6 Å². The first kappa shape index (κ1) is 19.2. The van der Waals surface area contributed by atoms with Crippen molar-refractivity contribution in [3.05, 3.63) is 66.5 Å². The Labute approximate surface area is 150 Å². The molecule has 1 heterocycles. The fourth-order valence-electron chi connectivity index (χ4n) is 2.62. The Morgan fingerprint density at radius 2 is 1.88 bits per heavy atom. The highest BCUT2D eigenvalue weighted by molar-refractivity contribution is 5.74. The number of benzene rings is 1. The molecule has 0 spiro atoms. The average molecular weight is 359 g/mol. The summed E-state index contributed by atoms with van der Waals surface area (Å²) in [5.74, 6) is 0.613. The summed E-state index contributed by atoms with van der Waals surface area (Å²) in [5, 5.41) is 11.5. The second-order valence-corrected chi connectivity index (χ2v) is 5.59. The van der Waals surface area contributed by atoms with E-state index in [9.17, 15) is 19.7 Å². The van der Waals surface area contributed by atoms with Gasteiger partial charge in [0.25, 0.3) is 0 Å². The Morgan fingerprint density at radius 3 is 2.50 bits per heavy atom. The van der Waals surface area contributed by atoms with Crippen molar-refractivity contribution in [2.75, 3.05) is 6.61 Å². The van der Waals surface area contributed by atoms with E-state index in [1.165, 1.54) is 17.7 Å². The first-order valence-corrected chi connectivity index (χ1v) is 8.30. The summed E-state index contributed by atoms with van der Waals surface area (Å²) in [5.41, 5.74) is -1.45. The van der Waals surface area contributed by atoms with Crippen LogP contribution in [0.3, 0.4) is 0 Å². The molecule has 0 unspecified atom stereocenters. The third kappa shape index (κ3) is 3.74. The molecule has 8 nitrogen and oxygen atoms in total. The van der Waals surface area contributed by atoms with Crippen LogP contribution >= 0.6 is 0 Å². The molecule has 0 fully saturated rings. The molecule has 138 valence electrons. The summed E-state index contributed by atoms with van der Waals surface area (Å²) in [7, 11) is 1.24. The van der Waals surface area contributed by atoms with Gasteiger partial charge in [0.05, 0.1) is 11.5 Å². The van der Waals surface area contributed by atoms with Gasteiger partial charge in [-0.2, -0.15) is 0 Å². The highest BCUT2D eigenvalue weighted by Crippen LogP contribution is 2.22. The van der Waals surface area contributed by atoms with Crippen molar-refractivity contribution in [1.82, 2.24) is 9.13 Å². The van der Waals surface area contributed by atoms with Gasteiger partial charge in [0.1, 0.15) is 11.4 Å². The van der Waals surface area contributed by atoms with Crippen LogP contribution in [0.5, 0.6) is 5.75 Å². The quantitative estimate of drug-likeness (QED) is 0.559. The van der Waals surface area contributed by atoms with Crippen LogP contribution in [0.4, 0.5) is 5.69 Å². The zero-order chi connectivity index (χ0) is 19.3. The fourth-order valence-corrected chi connectivity index (χ4v) is 2.62. The summed E-state index contributed by atoms with van der Waals surface area (Å²) in [4.78, 5) is 35.4. The molecule has 26 heavy (non-hydrogen) atoms. The van der Waals surface area contributed by atoms with E-state index < -0.39 is 21.9 Å². The van der Waals surface area contributed by atoms with Crippen molar-refractivity contribution in [3.63, 3.8) is 0 Å². The minimum atomic E-state index is -0.926. The lowest BCUT2D eigenvalue weighted by atomic mass is 10.1. The minimum Gasteiger partial charge on any atom is -0.493 e. The summed E-state index contributed by atoms with van der Waals surface area (Å²) in [6, 6.07) is 7.19. The zero-order valence-corrected chi connectivity index (χ0v) is 15.0. The Bertz CT molecular complexity index is 956. The predicted molar refractivity (Wildman–Crippen MR) is 99.4 cm³/mol. The minimum absolute atomic E-state index is 0.0174. The molecule has 0 radical (unpaired) electrons. The molecule has 0 aliphatic carbocycles. The molecule has 2 aromatic rings. The molecule has 0 aliphatic heterocycles. The maximum absolute atomic E-state index is 12.4. The van der Waals surface area contributed by atoms with E-state index in [1.54, 1.807) is 24.3 Å². The molecule has 0 aliphatic rings. The lowest BCUT2D eigenvalue weighted by Crippen LogP contribution is -2.40. The number of hydrogen-bond acceptors (Lipinski definition) is 5. The van der Waals surface area contributed by atoms with Gasteiger partial charge >= 0.3 is 16.9 Å². The van der Waals surface area contributed by atoms with Gasteiger partial charge in [0.2, 0.25) is 0 Å². The number of rotatable bonds is 7. The maximum atomic E-state index is 12.4. The van der Waals surface area contributed by atoms with E-state index in [1.807, 2.05) is 19.9 Å². The van der Waals surface area contributed by atoms with Crippen molar-refractivity contribution in [1.29, 1.82) is 0 Å². The highest BCUT2D eigenvalue weighted by atomic mass is 16.6. The van der Waals surface area contributed by atoms with Gasteiger partial charge < -0.3 is 4.74 Å². The molecular formula is C18H21N3O5. The molecule has 8 heteroatoms. The molecule has 0 amide bonds. The number of aromatic nitrogens is 2. The second kappa shape index (κ2) is 8.28. The van der Waals surface area contributed by atoms with E-state index in [4.69, 9.17) is 4.74 Å². The Kier molecular flexibility index (Phi) is 6.11. The summed E-state index contributed by atoms with van der Waals surface area (Å²) in [6.45, 7) is 4.43. The standard InChI is InChI=1S/C18H21N3O5/c1-4-12-20-14(16(21(24)25)17(22)19(3)18(20)23)11-10-13-8-6-7-9-15(13)26-5-2/h6-11H,4-5,12H2,1-3H3. The monoisotopic (exact) mass is 359 g/mol. The van der Waals surface area contributed by atoms with Crippen LogP contribution in [0.1, 0.15) is 31.5 Å². The van der Waals surface area contributed by atoms with E-state index in [2.05, 4.69) is 0 Å². The lowest BCUT2D eigenvalue weighted by Gasteiger charge is -2.11. The van der Waals surface area contributed by atoms with Crippen LogP contribution < -0.4 is 16.0 Å². The average Bonchev–Trinajstić information content (AvgIpc) is 2.62. The molecule has 0 saturated heterocycles. The molecule has 1 aromatic carbocycles. The highest BCUT2D eigenvalue weighted by Gasteiger charge is 2.24. The van der Waals surface area contributed by atoms with Gasteiger partial charge in [0.15, 0.2) is 0 Å². The first-order valence-electron chi connectivity index (χ1n) is 8.30. The maximum Gasteiger partial charge on any atom is 0.357 e. The van der Waals surface area contributed by atoms with Crippen LogP contribution in [0.25, 0.3) is 12.2 Å². The van der Waals surface area contributed by atoms with E-state index >= 15 is 0 Å². The largest absolute Gasteiger partial charge is 0.493 e. The number of nitro groups is 1. The van der Waals surface area contributed by atoms with E-state index in [-0.39, 0.29) is 12.2 Å². The van der Waals surface area contributed by atoms with Crippen LogP contribution in [-0.2, 0) is 13.6 Å². The molecule has 0 N–H and O–H groups in total. The third-order valence-corrected chi connectivity index (χ3v) is 3.83. The van der Waals surface area contributed by atoms with Crippen LogP contribution in [-0.4, -0.2) is 20.7 Å².